The number of benzene rings is 3. The summed E-state index contributed by atoms with van der Waals surface area (Å²) in [5.41, 5.74) is 2.34. The topological polar surface area (TPSA) is 55.8 Å². The molecule has 9 heteroatoms. The number of ether oxygens (including phenoxy) is 2. The Hall–Kier alpha value is -2.62. The highest BCUT2D eigenvalue weighted by molar-refractivity contribution is 9.10. The fraction of sp³-hybridized carbons (Fsp3) is 0.120. The highest BCUT2D eigenvalue weighted by Crippen LogP contribution is 2.39. The normalized spacial score (nSPS) is 14.7. The van der Waals surface area contributed by atoms with Crippen LogP contribution in [0.4, 0.5) is 9.18 Å². The lowest BCUT2D eigenvalue weighted by Gasteiger charge is -2.14. The van der Waals surface area contributed by atoms with E-state index in [1.807, 2.05) is 24.3 Å². The van der Waals surface area contributed by atoms with Crippen LogP contribution in [0.25, 0.3) is 6.08 Å². The van der Waals surface area contributed by atoms with Crippen molar-refractivity contribution < 1.29 is 23.5 Å². The standard InChI is InChI=1S/C25H18Br2FNO4S/c1-32-21-11-17(10-20(27)23(21)33-14-16-2-6-18(26)7-3-16)12-22-24(30)29(25(31)34-22)13-15-4-8-19(28)9-5-15/h2-12H,13-14H2,1H3/b22-12-. The van der Waals surface area contributed by atoms with Gasteiger partial charge in [0.1, 0.15) is 12.4 Å². The second-order valence-corrected chi connectivity index (χ2v) is 10.1. The Morgan fingerprint density at radius 1 is 1.00 bits per heavy atom. The lowest BCUT2D eigenvalue weighted by molar-refractivity contribution is -0.123. The molecule has 1 aliphatic heterocycles. The zero-order valence-corrected chi connectivity index (χ0v) is 21.9. The molecule has 1 saturated heterocycles. The molecule has 3 aromatic rings. The van der Waals surface area contributed by atoms with Gasteiger partial charge in [0.25, 0.3) is 11.1 Å². The molecule has 0 saturated carbocycles. The van der Waals surface area contributed by atoms with E-state index in [9.17, 15) is 14.0 Å². The van der Waals surface area contributed by atoms with E-state index in [4.69, 9.17) is 9.47 Å². The molecule has 1 fully saturated rings. The van der Waals surface area contributed by atoms with Crippen molar-refractivity contribution in [3.8, 4) is 11.5 Å². The fourth-order valence-electron chi connectivity index (χ4n) is 3.26. The van der Waals surface area contributed by atoms with E-state index in [0.29, 0.717) is 38.6 Å². The lowest BCUT2D eigenvalue weighted by atomic mass is 10.1. The first kappa shape index (κ1) is 24.5. The van der Waals surface area contributed by atoms with Crippen LogP contribution in [0.3, 0.4) is 0 Å². The van der Waals surface area contributed by atoms with Gasteiger partial charge < -0.3 is 9.47 Å². The zero-order chi connectivity index (χ0) is 24.2. The largest absolute Gasteiger partial charge is 0.493 e. The molecular formula is C25H18Br2FNO4S. The van der Waals surface area contributed by atoms with Gasteiger partial charge in [0.2, 0.25) is 0 Å². The molecule has 5 nitrogen and oxygen atoms in total. The van der Waals surface area contributed by atoms with Gasteiger partial charge in [-0.25, -0.2) is 4.39 Å². The molecule has 34 heavy (non-hydrogen) atoms. The van der Waals surface area contributed by atoms with E-state index < -0.39 is 5.91 Å². The number of hydrogen-bond donors (Lipinski definition) is 0. The summed E-state index contributed by atoms with van der Waals surface area (Å²) in [5.74, 6) is 0.252. The van der Waals surface area contributed by atoms with Crippen molar-refractivity contribution in [3.05, 3.63) is 97.0 Å². The first-order valence-electron chi connectivity index (χ1n) is 10.1. The van der Waals surface area contributed by atoms with Crippen LogP contribution in [0, 0.1) is 5.82 Å². The lowest BCUT2D eigenvalue weighted by Crippen LogP contribution is -2.27. The summed E-state index contributed by atoms with van der Waals surface area (Å²) < 4.78 is 26.3. The molecule has 4 rings (SSSR count). The third-order valence-electron chi connectivity index (χ3n) is 4.97. The number of rotatable bonds is 7. The first-order valence-corrected chi connectivity index (χ1v) is 12.5. The Bertz CT molecular complexity index is 1260. The number of hydrogen-bond acceptors (Lipinski definition) is 5. The van der Waals surface area contributed by atoms with E-state index in [-0.39, 0.29) is 17.6 Å². The van der Waals surface area contributed by atoms with Crippen molar-refractivity contribution in [1.82, 2.24) is 4.90 Å². The Morgan fingerprint density at radius 3 is 2.35 bits per heavy atom. The van der Waals surface area contributed by atoms with Crippen LogP contribution >= 0.6 is 43.6 Å². The smallest absolute Gasteiger partial charge is 0.293 e. The van der Waals surface area contributed by atoms with Crippen molar-refractivity contribution >= 4 is 60.8 Å². The average molecular weight is 607 g/mol. The third kappa shape index (κ3) is 5.71. The predicted molar refractivity (Wildman–Crippen MR) is 137 cm³/mol. The summed E-state index contributed by atoms with van der Waals surface area (Å²) in [6, 6.07) is 17.1. The number of halogens is 3. The van der Waals surface area contributed by atoms with Gasteiger partial charge in [0, 0.05) is 4.47 Å². The van der Waals surface area contributed by atoms with Crippen LogP contribution in [-0.4, -0.2) is 23.2 Å². The molecule has 0 aliphatic carbocycles. The molecule has 3 aromatic carbocycles. The highest BCUT2D eigenvalue weighted by Gasteiger charge is 2.35. The van der Waals surface area contributed by atoms with E-state index in [1.165, 1.54) is 19.2 Å². The van der Waals surface area contributed by atoms with E-state index in [1.54, 1.807) is 30.3 Å². The fourth-order valence-corrected chi connectivity index (χ4v) is 4.94. The Kier molecular flexibility index (Phi) is 7.75. The number of methoxy groups -OCH3 is 1. The summed E-state index contributed by atoms with van der Waals surface area (Å²) in [6.07, 6.45) is 1.64. The Labute approximate surface area is 217 Å². The summed E-state index contributed by atoms with van der Waals surface area (Å²) in [4.78, 5) is 26.7. The SMILES string of the molecule is COc1cc(/C=C2\SC(=O)N(Cc3ccc(F)cc3)C2=O)cc(Br)c1OCc1ccc(Br)cc1. The van der Waals surface area contributed by atoms with Gasteiger partial charge in [-0.1, -0.05) is 40.2 Å². The maximum Gasteiger partial charge on any atom is 0.293 e. The van der Waals surface area contributed by atoms with E-state index >= 15 is 0 Å². The molecule has 174 valence electrons. The molecule has 0 radical (unpaired) electrons. The molecule has 0 spiro atoms. The quantitative estimate of drug-likeness (QED) is 0.267. The van der Waals surface area contributed by atoms with Crippen molar-refractivity contribution in [1.29, 1.82) is 0 Å². The second kappa shape index (κ2) is 10.8. The minimum atomic E-state index is -0.398. The average Bonchev–Trinajstić information content (AvgIpc) is 3.07. The minimum absolute atomic E-state index is 0.0815. The number of thioether (sulfide) groups is 1. The minimum Gasteiger partial charge on any atom is -0.493 e. The van der Waals surface area contributed by atoms with Crippen molar-refractivity contribution in [2.45, 2.75) is 13.2 Å². The van der Waals surface area contributed by atoms with E-state index in [0.717, 1.165) is 26.7 Å². The monoisotopic (exact) mass is 605 g/mol. The number of carbonyl (C=O) groups excluding carboxylic acids is 2. The van der Waals surface area contributed by atoms with Crippen LogP contribution in [0.5, 0.6) is 11.5 Å². The van der Waals surface area contributed by atoms with Crippen LogP contribution in [-0.2, 0) is 17.9 Å². The van der Waals surface area contributed by atoms with Crippen LogP contribution in [0.2, 0.25) is 0 Å². The van der Waals surface area contributed by atoms with Gasteiger partial charge >= 0.3 is 0 Å². The molecule has 2 amide bonds. The predicted octanol–water partition coefficient (Wildman–Crippen LogP) is 7.17. The molecule has 0 aromatic heterocycles. The van der Waals surface area contributed by atoms with Crippen molar-refractivity contribution in [3.63, 3.8) is 0 Å². The number of carbonyl (C=O) groups is 2. The summed E-state index contributed by atoms with van der Waals surface area (Å²) in [5, 5.41) is -0.374. The highest BCUT2D eigenvalue weighted by atomic mass is 79.9. The molecule has 0 bridgehead atoms. The molecule has 1 heterocycles. The van der Waals surface area contributed by atoms with Crippen LogP contribution in [0.15, 0.2) is 74.5 Å². The number of amides is 2. The number of imide groups is 1. The van der Waals surface area contributed by atoms with Gasteiger partial charge in [0.05, 0.1) is 23.0 Å². The maximum atomic E-state index is 13.1. The molecular weight excluding hydrogens is 589 g/mol. The molecule has 0 unspecified atom stereocenters. The van der Waals surface area contributed by atoms with E-state index in [2.05, 4.69) is 31.9 Å². The summed E-state index contributed by atoms with van der Waals surface area (Å²) in [6.45, 7) is 0.433. The summed E-state index contributed by atoms with van der Waals surface area (Å²) >= 11 is 7.80. The van der Waals surface area contributed by atoms with Gasteiger partial charge in [-0.3, -0.25) is 14.5 Å². The van der Waals surface area contributed by atoms with Crippen molar-refractivity contribution in [2.24, 2.45) is 0 Å². The second-order valence-electron chi connectivity index (χ2n) is 7.34. The molecule has 1 aliphatic rings. The van der Waals surface area contributed by atoms with Gasteiger partial charge in [-0.05, 0) is 86.9 Å². The van der Waals surface area contributed by atoms with Crippen LogP contribution in [0.1, 0.15) is 16.7 Å². The first-order chi connectivity index (χ1) is 16.3. The Balaban J connectivity index is 1.52. The van der Waals surface area contributed by atoms with Gasteiger partial charge in [-0.2, -0.15) is 0 Å². The number of nitrogens with zero attached hydrogens (tertiary/aromatic N) is 1. The van der Waals surface area contributed by atoms with Crippen molar-refractivity contribution in [2.75, 3.05) is 7.11 Å². The molecule has 0 atom stereocenters. The van der Waals surface area contributed by atoms with Gasteiger partial charge in [-0.15, -0.1) is 0 Å². The van der Waals surface area contributed by atoms with Gasteiger partial charge in [0.15, 0.2) is 11.5 Å². The Morgan fingerprint density at radius 2 is 1.68 bits per heavy atom. The maximum absolute atomic E-state index is 13.1. The summed E-state index contributed by atoms with van der Waals surface area (Å²) in [7, 11) is 1.54. The van der Waals surface area contributed by atoms with Crippen LogP contribution < -0.4 is 9.47 Å². The third-order valence-corrected chi connectivity index (χ3v) is 7.00. The molecule has 0 N–H and O–H groups in total. The zero-order valence-electron chi connectivity index (χ0n) is 17.9.